The zero-order chi connectivity index (χ0) is 22.6. The molecule has 3 aromatic rings. The van der Waals surface area contributed by atoms with Gasteiger partial charge in [-0.15, -0.1) is 0 Å². The molecule has 162 valence electrons. The van der Waals surface area contributed by atoms with Crippen molar-refractivity contribution >= 4 is 43.5 Å². The third-order valence-corrected chi connectivity index (χ3v) is 6.84. The van der Waals surface area contributed by atoms with Gasteiger partial charge in [-0.1, -0.05) is 15.9 Å². The van der Waals surface area contributed by atoms with Crippen LogP contribution in [0.5, 0.6) is 5.75 Å². The van der Waals surface area contributed by atoms with Crippen LogP contribution in [-0.4, -0.2) is 30.9 Å². The fraction of sp³-hybridized carbons (Fsp3) is 0.190. The summed E-state index contributed by atoms with van der Waals surface area (Å²) in [5.41, 5.74) is 3.11. The number of nitrogens with one attached hydrogen (secondary N) is 2. The molecular formula is C21H21BrN4O4S. The Bertz CT molecular complexity index is 1190. The van der Waals surface area contributed by atoms with Crippen LogP contribution >= 0.6 is 15.9 Å². The Labute approximate surface area is 189 Å². The summed E-state index contributed by atoms with van der Waals surface area (Å²) in [6.45, 7) is 5.45. The number of nitrogens with zero attached hydrogens (tertiary/aromatic N) is 2. The first kappa shape index (κ1) is 22.7. The number of carbonyl (C=O) groups is 1. The summed E-state index contributed by atoms with van der Waals surface area (Å²) in [6, 6.07) is 11.1. The molecular weight excluding hydrogens is 484 g/mol. The zero-order valence-corrected chi connectivity index (χ0v) is 19.5. The van der Waals surface area contributed by atoms with E-state index in [1.54, 1.807) is 13.0 Å². The molecule has 0 atom stereocenters. The number of carbonyl (C=O) groups excluding carboxylic acids is 1. The molecule has 0 saturated carbocycles. The molecule has 0 radical (unpaired) electrons. The Hall–Kier alpha value is -2.98. The van der Waals surface area contributed by atoms with Crippen molar-refractivity contribution in [2.45, 2.75) is 25.7 Å². The fourth-order valence-corrected chi connectivity index (χ4v) is 3.91. The largest absolute Gasteiger partial charge is 0.484 e. The molecule has 31 heavy (non-hydrogen) atoms. The molecule has 0 fully saturated rings. The van der Waals surface area contributed by atoms with Crippen molar-refractivity contribution in [2.75, 3.05) is 16.6 Å². The maximum absolute atomic E-state index is 12.5. The van der Waals surface area contributed by atoms with Crippen LogP contribution in [0.15, 0.2) is 58.0 Å². The lowest BCUT2D eigenvalue weighted by atomic mass is 10.1. The van der Waals surface area contributed by atoms with Crippen molar-refractivity contribution in [1.82, 2.24) is 9.97 Å². The number of hydrogen-bond donors (Lipinski definition) is 2. The number of hydrogen-bond acceptors (Lipinski definition) is 6. The summed E-state index contributed by atoms with van der Waals surface area (Å²) in [5, 5.41) is 2.68. The van der Waals surface area contributed by atoms with Gasteiger partial charge in [-0.2, -0.15) is 0 Å². The number of aryl methyl sites for hydroxylation is 3. The molecule has 2 N–H and O–H groups in total. The summed E-state index contributed by atoms with van der Waals surface area (Å²) >= 11 is 3.49. The van der Waals surface area contributed by atoms with Crippen molar-refractivity contribution in [1.29, 1.82) is 0 Å². The first-order valence-corrected chi connectivity index (χ1v) is 11.5. The van der Waals surface area contributed by atoms with Crippen LogP contribution in [0, 0.1) is 20.8 Å². The molecule has 0 aliphatic heterocycles. The number of sulfonamides is 1. The predicted molar refractivity (Wildman–Crippen MR) is 122 cm³/mol. The average molecular weight is 505 g/mol. The minimum Gasteiger partial charge on any atom is -0.484 e. The molecule has 0 aliphatic rings. The van der Waals surface area contributed by atoms with Crippen LogP contribution in [0.1, 0.15) is 16.8 Å². The van der Waals surface area contributed by atoms with Gasteiger partial charge in [0.05, 0.1) is 4.90 Å². The highest BCUT2D eigenvalue weighted by Crippen LogP contribution is 2.26. The van der Waals surface area contributed by atoms with Crippen molar-refractivity contribution in [2.24, 2.45) is 0 Å². The molecule has 0 saturated heterocycles. The Morgan fingerprint density at radius 2 is 1.71 bits per heavy atom. The summed E-state index contributed by atoms with van der Waals surface area (Å²) in [6.07, 6.45) is 1.47. The second kappa shape index (κ2) is 9.44. The van der Waals surface area contributed by atoms with Crippen molar-refractivity contribution in [3.8, 4) is 5.75 Å². The van der Waals surface area contributed by atoms with Crippen molar-refractivity contribution < 1.29 is 17.9 Å². The zero-order valence-electron chi connectivity index (χ0n) is 17.1. The van der Waals surface area contributed by atoms with Gasteiger partial charge >= 0.3 is 0 Å². The Morgan fingerprint density at radius 1 is 1.06 bits per heavy atom. The number of amides is 1. The van der Waals surface area contributed by atoms with Gasteiger partial charge in [0.15, 0.2) is 6.61 Å². The van der Waals surface area contributed by atoms with Crippen LogP contribution in [-0.2, 0) is 14.8 Å². The minimum absolute atomic E-state index is 0.00653. The van der Waals surface area contributed by atoms with E-state index in [4.69, 9.17) is 4.74 Å². The molecule has 0 spiro atoms. The van der Waals surface area contributed by atoms with Crippen LogP contribution in [0.3, 0.4) is 0 Å². The van der Waals surface area contributed by atoms with Gasteiger partial charge in [0.25, 0.3) is 15.9 Å². The number of benzene rings is 2. The third kappa shape index (κ3) is 6.02. The first-order chi connectivity index (χ1) is 14.6. The molecule has 3 rings (SSSR count). The van der Waals surface area contributed by atoms with E-state index in [2.05, 4.69) is 35.9 Å². The Morgan fingerprint density at radius 3 is 2.32 bits per heavy atom. The number of halogens is 1. The maximum Gasteiger partial charge on any atom is 0.264 e. The van der Waals surface area contributed by atoms with E-state index < -0.39 is 10.0 Å². The molecule has 1 heterocycles. The highest BCUT2D eigenvalue weighted by Gasteiger charge is 2.16. The lowest BCUT2D eigenvalue weighted by Gasteiger charge is -2.11. The van der Waals surface area contributed by atoms with E-state index in [1.807, 2.05) is 26.0 Å². The molecule has 0 unspecified atom stereocenters. The lowest BCUT2D eigenvalue weighted by Crippen LogP contribution is -2.20. The highest BCUT2D eigenvalue weighted by atomic mass is 79.9. The van der Waals surface area contributed by atoms with E-state index in [0.717, 1.165) is 15.6 Å². The molecule has 2 aromatic carbocycles. The highest BCUT2D eigenvalue weighted by molar-refractivity contribution is 9.10. The van der Waals surface area contributed by atoms with Crippen LogP contribution in [0.2, 0.25) is 0 Å². The lowest BCUT2D eigenvalue weighted by molar-refractivity contribution is -0.118. The summed E-state index contributed by atoms with van der Waals surface area (Å²) < 4.78 is 33.9. The average Bonchev–Trinajstić information content (AvgIpc) is 2.70. The first-order valence-electron chi connectivity index (χ1n) is 9.26. The molecule has 0 aliphatic carbocycles. The predicted octanol–water partition coefficient (Wildman–Crippen LogP) is 3.98. The van der Waals surface area contributed by atoms with Gasteiger partial charge in [-0.25, -0.2) is 23.1 Å². The van der Waals surface area contributed by atoms with Gasteiger partial charge in [0, 0.05) is 22.1 Å². The van der Waals surface area contributed by atoms with Crippen LogP contribution in [0.25, 0.3) is 0 Å². The minimum atomic E-state index is -3.85. The molecule has 10 heteroatoms. The summed E-state index contributed by atoms with van der Waals surface area (Å²) in [4.78, 5) is 20.1. The normalized spacial score (nSPS) is 11.1. The molecule has 8 nitrogen and oxygen atoms in total. The molecule has 1 aromatic heterocycles. The standard InChI is InChI=1S/C21H21BrN4O4S/c1-13-10-17(11-14(2)20(13)22)30-12-19(27)25-16-4-6-18(7-5-16)31(28,29)26-21-23-9-8-15(3)24-21/h4-11H,12H2,1-3H3,(H,25,27)(H,23,24,26). The number of ether oxygens (including phenoxy) is 1. The third-order valence-electron chi connectivity index (χ3n) is 4.25. The van der Waals surface area contributed by atoms with Crippen LogP contribution < -0.4 is 14.8 Å². The summed E-state index contributed by atoms with van der Waals surface area (Å²) in [5.74, 6) is 0.229. The second-order valence-electron chi connectivity index (χ2n) is 6.86. The van der Waals surface area contributed by atoms with E-state index in [0.29, 0.717) is 17.1 Å². The van der Waals surface area contributed by atoms with Gasteiger partial charge in [0.2, 0.25) is 5.95 Å². The number of aromatic nitrogens is 2. The number of anilines is 2. The van der Waals surface area contributed by atoms with Gasteiger partial charge in [-0.3, -0.25) is 4.79 Å². The number of rotatable bonds is 7. The SMILES string of the molecule is Cc1ccnc(NS(=O)(=O)c2ccc(NC(=O)COc3cc(C)c(Br)c(C)c3)cc2)n1. The van der Waals surface area contributed by atoms with Gasteiger partial charge < -0.3 is 10.1 Å². The quantitative estimate of drug-likeness (QED) is 0.503. The van der Waals surface area contributed by atoms with Gasteiger partial charge in [0.1, 0.15) is 5.75 Å². The van der Waals surface area contributed by atoms with Crippen LogP contribution in [0.4, 0.5) is 11.6 Å². The van der Waals surface area contributed by atoms with E-state index in [-0.39, 0.29) is 23.4 Å². The van der Waals surface area contributed by atoms with Crippen molar-refractivity contribution in [3.05, 3.63) is 70.0 Å². The van der Waals surface area contributed by atoms with E-state index in [9.17, 15) is 13.2 Å². The van der Waals surface area contributed by atoms with Crippen molar-refractivity contribution in [3.63, 3.8) is 0 Å². The Balaban J connectivity index is 1.60. The maximum atomic E-state index is 12.5. The molecule has 0 bridgehead atoms. The van der Waals surface area contributed by atoms with E-state index >= 15 is 0 Å². The topological polar surface area (TPSA) is 110 Å². The monoisotopic (exact) mass is 504 g/mol. The molecule has 1 amide bonds. The Kier molecular flexibility index (Phi) is 6.91. The fourth-order valence-electron chi connectivity index (χ4n) is 2.73. The van der Waals surface area contributed by atoms with E-state index in [1.165, 1.54) is 30.5 Å². The summed E-state index contributed by atoms with van der Waals surface area (Å²) in [7, 11) is -3.85. The smallest absolute Gasteiger partial charge is 0.264 e. The van der Waals surface area contributed by atoms with Gasteiger partial charge in [-0.05, 0) is 74.4 Å². The second-order valence-corrected chi connectivity index (χ2v) is 9.33.